The number of hydrogen-bond acceptors (Lipinski definition) is 3. The van der Waals surface area contributed by atoms with Crippen molar-refractivity contribution in [3.05, 3.63) is 35.4 Å². The smallest absolute Gasteiger partial charge is 0.261 e. The number of nitrogens with zero attached hydrogens (tertiary/aromatic N) is 2. The van der Waals surface area contributed by atoms with Gasteiger partial charge in [0.15, 0.2) is 0 Å². The molecule has 0 spiro atoms. The summed E-state index contributed by atoms with van der Waals surface area (Å²) < 4.78 is 0. The van der Waals surface area contributed by atoms with Crippen LogP contribution in [0.25, 0.3) is 0 Å². The van der Waals surface area contributed by atoms with Crippen molar-refractivity contribution in [2.75, 3.05) is 19.6 Å². The highest BCUT2D eigenvalue weighted by atomic mass is 16.2. The Bertz CT molecular complexity index is 612. The molecule has 0 N–H and O–H groups in total. The Balaban J connectivity index is 1.34. The number of amides is 2. The van der Waals surface area contributed by atoms with Crippen molar-refractivity contribution in [1.29, 1.82) is 0 Å². The Morgan fingerprint density at radius 1 is 0.920 bits per heavy atom. The lowest BCUT2D eigenvalue weighted by Crippen LogP contribution is -2.40. The molecule has 0 aromatic heterocycles. The summed E-state index contributed by atoms with van der Waals surface area (Å²) in [5.74, 6) is 0.653. The van der Waals surface area contributed by atoms with Gasteiger partial charge in [0.05, 0.1) is 11.1 Å². The van der Waals surface area contributed by atoms with Gasteiger partial charge < -0.3 is 4.90 Å². The first kappa shape index (κ1) is 16.8. The molecule has 2 aliphatic carbocycles. The summed E-state index contributed by atoms with van der Waals surface area (Å²) >= 11 is 0. The summed E-state index contributed by atoms with van der Waals surface area (Å²) in [7, 11) is 0. The quantitative estimate of drug-likeness (QED) is 0.710. The highest BCUT2D eigenvalue weighted by Gasteiger charge is 2.35. The predicted octanol–water partition coefficient (Wildman–Crippen LogP) is 3.72. The van der Waals surface area contributed by atoms with Crippen LogP contribution in [0.2, 0.25) is 0 Å². The van der Waals surface area contributed by atoms with Gasteiger partial charge in [-0.2, -0.15) is 0 Å². The predicted molar refractivity (Wildman–Crippen MR) is 97.6 cm³/mol. The van der Waals surface area contributed by atoms with E-state index in [1.165, 1.54) is 56.4 Å². The van der Waals surface area contributed by atoms with Crippen molar-refractivity contribution in [3.63, 3.8) is 0 Å². The zero-order valence-corrected chi connectivity index (χ0v) is 15.0. The Morgan fingerprint density at radius 2 is 1.56 bits per heavy atom. The molecule has 1 heterocycles. The normalized spacial score (nSPS) is 21.2. The Labute approximate surface area is 150 Å². The molecule has 1 aliphatic heterocycles. The number of hydrogen-bond donors (Lipinski definition) is 0. The van der Waals surface area contributed by atoms with Gasteiger partial charge in [-0.05, 0) is 50.2 Å². The van der Waals surface area contributed by atoms with E-state index in [0.717, 1.165) is 24.9 Å². The lowest BCUT2D eigenvalue weighted by Gasteiger charge is -2.34. The maximum absolute atomic E-state index is 12.5. The van der Waals surface area contributed by atoms with Crippen LogP contribution in [0.15, 0.2) is 24.3 Å². The van der Waals surface area contributed by atoms with E-state index >= 15 is 0 Å². The number of fused-ring (bicyclic) bond motifs is 1. The fourth-order valence-electron chi connectivity index (χ4n) is 4.38. The summed E-state index contributed by atoms with van der Waals surface area (Å²) in [6.45, 7) is 2.77. The minimum Gasteiger partial charge on any atom is -0.300 e. The lowest BCUT2D eigenvalue weighted by atomic mass is 9.94. The van der Waals surface area contributed by atoms with Gasteiger partial charge in [0.1, 0.15) is 0 Å². The van der Waals surface area contributed by atoms with Crippen LogP contribution in [0.4, 0.5) is 0 Å². The molecule has 4 heteroatoms. The summed E-state index contributed by atoms with van der Waals surface area (Å²) in [6, 6.07) is 7.90. The Hall–Kier alpha value is -1.68. The largest absolute Gasteiger partial charge is 0.300 e. The van der Waals surface area contributed by atoms with Crippen molar-refractivity contribution in [3.8, 4) is 0 Å². The number of benzene rings is 1. The molecule has 0 saturated heterocycles. The second kappa shape index (κ2) is 7.28. The number of carbonyl (C=O) groups is 2. The van der Waals surface area contributed by atoms with Crippen LogP contribution in [-0.2, 0) is 0 Å². The van der Waals surface area contributed by atoms with Crippen LogP contribution < -0.4 is 0 Å². The number of carbonyl (C=O) groups excluding carboxylic acids is 2. The van der Waals surface area contributed by atoms with Crippen LogP contribution >= 0.6 is 0 Å². The third-order valence-electron chi connectivity index (χ3n) is 5.99. The first-order chi connectivity index (χ1) is 12.2. The summed E-state index contributed by atoms with van der Waals surface area (Å²) in [4.78, 5) is 29.0. The van der Waals surface area contributed by atoms with Crippen molar-refractivity contribution in [2.24, 2.45) is 5.92 Å². The average molecular weight is 340 g/mol. The fourth-order valence-corrected chi connectivity index (χ4v) is 4.38. The molecule has 3 aliphatic rings. The van der Waals surface area contributed by atoms with Crippen molar-refractivity contribution >= 4 is 11.8 Å². The molecule has 2 fully saturated rings. The molecule has 2 saturated carbocycles. The van der Waals surface area contributed by atoms with Crippen LogP contribution in [0.3, 0.4) is 0 Å². The summed E-state index contributed by atoms with van der Waals surface area (Å²) in [5, 5.41) is 0. The summed E-state index contributed by atoms with van der Waals surface area (Å²) in [6.07, 6.45) is 10.4. The second-order valence-electron chi connectivity index (χ2n) is 7.89. The minimum absolute atomic E-state index is 0.119. The van der Waals surface area contributed by atoms with E-state index in [4.69, 9.17) is 0 Å². The third-order valence-corrected chi connectivity index (χ3v) is 5.99. The van der Waals surface area contributed by atoms with E-state index in [0.29, 0.717) is 17.7 Å². The average Bonchev–Trinajstić information content (AvgIpc) is 3.44. The zero-order valence-electron chi connectivity index (χ0n) is 15.0. The molecule has 134 valence electrons. The van der Waals surface area contributed by atoms with Crippen molar-refractivity contribution < 1.29 is 9.59 Å². The van der Waals surface area contributed by atoms with E-state index in [9.17, 15) is 9.59 Å². The molecule has 1 aromatic rings. The van der Waals surface area contributed by atoms with Crippen LogP contribution in [-0.4, -0.2) is 47.3 Å². The van der Waals surface area contributed by atoms with Gasteiger partial charge in [0, 0.05) is 25.7 Å². The SMILES string of the molecule is O=C1c2ccccc2C(=O)N1CCCN(CC1CC1)C1CCCCC1. The first-order valence-corrected chi connectivity index (χ1v) is 9.93. The van der Waals surface area contributed by atoms with Gasteiger partial charge in [-0.25, -0.2) is 0 Å². The van der Waals surface area contributed by atoms with E-state index in [2.05, 4.69) is 4.90 Å². The van der Waals surface area contributed by atoms with Gasteiger partial charge in [0.25, 0.3) is 11.8 Å². The van der Waals surface area contributed by atoms with E-state index in [1.807, 2.05) is 12.1 Å². The maximum atomic E-state index is 12.5. The number of imide groups is 1. The van der Waals surface area contributed by atoms with Crippen LogP contribution in [0.1, 0.15) is 72.1 Å². The van der Waals surface area contributed by atoms with Crippen molar-refractivity contribution in [1.82, 2.24) is 9.80 Å². The highest BCUT2D eigenvalue weighted by molar-refractivity contribution is 6.21. The molecule has 0 radical (unpaired) electrons. The first-order valence-electron chi connectivity index (χ1n) is 9.93. The molecular weight excluding hydrogens is 312 g/mol. The van der Waals surface area contributed by atoms with Crippen molar-refractivity contribution in [2.45, 2.75) is 57.4 Å². The Morgan fingerprint density at radius 3 is 2.16 bits per heavy atom. The second-order valence-corrected chi connectivity index (χ2v) is 7.89. The molecule has 1 aromatic carbocycles. The molecular formula is C21H28N2O2. The van der Waals surface area contributed by atoms with E-state index in [1.54, 1.807) is 12.1 Å². The van der Waals surface area contributed by atoms with Gasteiger partial charge in [0.2, 0.25) is 0 Å². The van der Waals surface area contributed by atoms with Crippen LogP contribution in [0, 0.1) is 5.92 Å². The van der Waals surface area contributed by atoms with Gasteiger partial charge in [-0.3, -0.25) is 14.5 Å². The molecule has 4 rings (SSSR count). The molecule has 2 amide bonds. The summed E-state index contributed by atoms with van der Waals surface area (Å²) in [5.41, 5.74) is 1.13. The van der Waals surface area contributed by atoms with E-state index in [-0.39, 0.29) is 11.8 Å². The maximum Gasteiger partial charge on any atom is 0.261 e. The molecule has 25 heavy (non-hydrogen) atoms. The van der Waals surface area contributed by atoms with Gasteiger partial charge in [-0.1, -0.05) is 31.4 Å². The Kier molecular flexibility index (Phi) is 4.89. The van der Waals surface area contributed by atoms with Gasteiger partial charge in [-0.15, -0.1) is 0 Å². The molecule has 0 unspecified atom stereocenters. The fraction of sp³-hybridized carbons (Fsp3) is 0.619. The molecule has 0 bridgehead atoms. The minimum atomic E-state index is -0.119. The number of rotatable bonds is 7. The standard InChI is InChI=1S/C21H28N2O2/c24-20-18-9-4-5-10-19(18)21(25)23(20)14-6-13-22(15-16-11-12-16)17-7-2-1-3-8-17/h4-5,9-10,16-17H,1-3,6-8,11-15H2. The monoisotopic (exact) mass is 340 g/mol. The van der Waals surface area contributed by atoms with Crippen LogP contribution in [0.5, 0.6) is 0 Å². The molecule has 4 nitrogen and oxygen atoms in total. The highest BCUT2D eigenvalue weighted by Crippen LogP contribution is 2.32. The third kappa shape index (κ3) is 3.64. The van der Waals surface area contributed by atoms with Gasteiger partial charge >= 0.3 is 0 Å². The zero-order chi connectivity index (χ0) is 17.2. The van der Waals surface area contributed by atoms with E-state index < -0.39 is 0 Å². The lowest BCUT2D eigenvalue weighted by molar-refractivity contribution is 0.0640. The topological polar surface area (TPSA) is 40.6 Å². The molecule has 0 atom stereocenters.